The number of nitrogens with zero attached hydrogens (tertiary/aromatic N) is 3. The predicted molar refractivity (Wildman–Crippen MR) is 112 cm³/mol. The number of nitrogens with one attached hydrogen (secondary N) is 1. The summed E-state index contributed by atoms with van der Waals surface area (Å²) in [5.74, 6) is 0.108. The molecule has 7 nitrogen and oxygen atoms in total. The van der Waals surface area contributed by atoms with Crippen LogP contribution in [-0.2, 0) is 14.8 Å². The van der Waals surface area contributed by atoms with Crippen molar-refractivity contribution in [1.29, 1.82) is 0 Å². The number of hydrogen-bond donors (Lipinski definition) is 1. The Morgan fingerprint density at radius 3 is 2.41 bits per heavy atom. The van der Waals surface area contributed by atoms with E-state index >= 15 is 0 Å². The van der Waals surface area contributed by atoms with Crippen LogP contribution in [0.1, 0.15) is 31.2 Å². The minimum Gasteiger partial charge on any atom is -0.370 e. The van der Waals surface area contributed by atoms with Crippen molar-refractivity contribution in [2.24, 2.45) is 0 Å². The summed E-state index contributed by atoms with van der Waals surface area (Å²) in [5.41, 5.74) is 2.04. The molecular weight excluding hydrogens is 388 g/mol. The number of carbonyl (C=O) groups is 1. The van der Waals surface area contributed by atoms with Crippen molar-refractivity contribution in [1.82, 2.24) is 9.29 Å². The third kappa shape index (κ3) is 4.13. The fourth-order valence-electron chi connectivity index (χ4n) is 3.97. The molecule has 2 saturated heterocycles. The number of aryl methyl sites for hydroxylation is 1. The Morgan fingerprint density at radius 1 is 1.03 bits per heavy atom. The fraction of sp³-hybridized carbons (Fsp3) is 0.429. The lowest BCUT2D eigenvalue weighted by Crippen LogP contribution is -2.43. The zero-order valence-corrected chi connectivity index (χ0v) is 17.4. The van der Waals surface area contributed by atoms with Gasteiger partial charge in [-0.25, -0.2) is 13.4 Å². The van der Waals surface area contributed by atoms with Crippen LogP contribution in [0.25, 0.3) is 0 Å². The number of anilines is 2. The molecule has 2 aromatic rings. The highest BCUT2D eigenvalue weighted by Gasteiger charge is 2.39. The topological polar surface area (TPSA) is 82.6 Å². The first kappa shape index (κ1) is 19.8. The van der Waals surface area contributed by atoms with Gasteiger partial charge >= 0.3 is 0 Å². The highest BCUT2D eigenvalue weighted by atomic mass is 32.2. The Balaban J connectivity index is 1.47. The maximum atomic E-state index is 13.0. The van der Waals surface area contributed by atoms with Gasteiger partial charge in [-0.3, -0.25) is 4.79 Å². The quantitative estimate of drug-likeness (QED) is 0.814. The third-order valence-electron chi connectivity index (χ3n) is 5.60. The molecule has 2 aliphatic rings. The summed E-state index contributed by atoms with van der Waals surface area (Å²) >= 11 is 0. The Morgan fingerprint density at radius 2 is 1.76 bits per heavy atom. The molecule has 0 unspecified atom stereocenters. The van der Waals surface area contributed by atoms with Gasteiger partial charge in [0.25, 0.3) is 0 Å². The smallest absolute Gasteiger partial charge is 0.243 e. The SMILES string of the molecule is Cc1ccc(S(=O)(=O)N2CCC[C@H]2C(=O)Nc2ccc(N3CCCC3)cn2)cc1. The maximum absolute atomic E-state index is 13.0. The molecule has 4 rings (SSSR count). The van der Waals surface area contributed by atoms with E-state index < -0.39 is 16.1 Å². The van der Waals surface area contributed by atoms with Crippen molar-refractivity contribution in [2.45, 2.75) is 43.5 Å². The minimum absolute atomic E-state index is 0.218. The molecule has 2 aliphatic heterocycles. The Bertz CT molecular complexity index is 968. The van der Waals surface area contributed by atoms with E-state index in [2.05, 4.69) is 15.2 Å². The molecule has 1 amide bonds. The number of hydrogen-bond acceptors (Lipinski definition) is 5. The molecule has 29 heavy (non-hydrogen) atoms. The lowest BCUT2D eigenvalue weighted by atomic mass is 10.2. The van der Waals surface area contributed by atoms with Gasteiger partial charge in [-0.1, -0.05) is 17.7 Å². The van der Waals surface area contributed by atoms with Gasteiger partial charge in [-0.15, -0.1) is 0 Å². The molecule has 0 aliphatic carbocycles. The average Bonchev–Trinajstić information content (AvgIpc) is 3.41. The molecule has 1 aromatic heterocycles. The molecule has 1 N–H and O–H groups in total. The zero-order chi connectivity index (χ0) is 20.4. The Hall–Kier alpha value is -2.45. The van der Waals surface area contributed by atoms with Gasteiger partial charge in [0, 0.05) is 19.6 Å². The van der Waals surface area contributed by atoms with E-state index in [1.54, 1.807) is 36.5 Å². The number of rotatable bonds is 5. The van der Waals surface area contributed by atoms with E-state index in [0.29, 0.717) is 25.2 Å². The van der Waals surface area contributed by atoms with Crippen molar-refractivity contribution in [3.05, 3.63) is 48.2 Å². The minimum atomic E-state index is -3.71. The van der Waals surface area contributed by atoms with Crippen molar-refractivity contribution >= 4 is 27.4 Å². The number of aromatic nitrogens is 1. The first-order chi connectivity index (χ1) is 13.9. The Kier molecular flexibility index (Phi) is 5.56. The molecule has 1 atom stereocenters. The van der Waals surface area contributed by atoms with Gasteiger partial charge in [0.15, 0.2) is 0 Å². The van der Waals surface area contributed by atoms with Gasteiger partial charge in [0.2, 0.25) is 15.9 Å². The summed E-state index contributed by atoms with van der Waals surface area (Å²) in [6.07, 6.45) is 5.29. The van der Waals surface area contributed by atoms with Crippen molar-refractivity contribution < 1.29 is 13.2 Å². The maximum Gasteiger partial charge on any atom is 0.243 e. The lowest BCUT2D eigenvalue weighted by Gasteiger charge is -2.23. The van der Waals surface area contributed by atoms with Crippen LogP contribution in [0.4, 0.5) is 11.5 Å². The molecule has 2 fully saturated rings. The number of benzene rings is 1. The first-order valence-electron chi connectivity index (χ1n) is 10.1. The summed E-state index contributed by atoms with van der Waals surface area (Å²) in [6.45, 7) is 4.31. The molecule has 0 spiro atoms. The first-order valence-corrected chi connectivity index (χ1v) is 11.5. The van der Waals surface area contributed by atoms with E-state index in [0.717, 1.165) is 24.3 Å². The highest BCUT2D eigenvalue weighted by molar-refractivity contribution is 7.89. The van der Waals surface area contributed by atoms with Crippen LogP contribution in [0.3, 0.4) is 0 Å². The molecule has 0 bridgehead atoms. The summed E-state index contributed by atoms with van der Waals surface area (Å²) in [5, 5.41) is 2.79. The van der Waals surface area contributed by atoms with Crippen LogP contribution < -0.4 is 10.2 Å². The zero-order valence-electron chi connectivity index (χ0n) is 16.5. The molecule has 154 valence electrons. The van der Waals surface area contributed by atoms with Crippen LogP contribution in [0.2, 0.25) is 0 Å². The number of amides is 1. The van der Waals surface area contributed by atoms with Gasteiger partial charge in [-0.2, -0.15) is 4.31 Å². The van der Waals surface area contributed by atoms with E-state index in [1.165, 1.54) is 17.1 Å². The van der Waals surface area contributed by atoms with Gasteiger partial charge in [0.1, 0.15) is 11.9 Å². The summed E-state index contributed by atoms with van der Waals surface area (Å²) in [4.78, 5) is 19.7. The molecule has 0 radical (unpaired) electrons. The van der Waals surface area contributed by atoms with Gasteiger partial charge in [0.05, 0.1) is 16.8 Å². The molecule has 0 saturated carbocycles. The monoisotopic (exact) mass is 414 g/mol. The normalized spacial score (nSPS) is 20.2. The lowest BCUT2D eigenvalue weighted by molar-refractivity contribution is -0.119. The van der Waals surface area contributed by atoms with Crippen molar-refractivity contribution in [3.63, 3.8) is 0 Å². The predicted octanol–water partition coefficient (Wildman–Crippen LogP) is 2.78. The second-order valence-electron chi connectivity index (χ2n) is 7.67. The Labute approximate surface area is 171 Å². The fourth-order valence-corrected chi connectivity index (χ4v) is 5.62. The largest absolute Gasteiger partial charge is 0.370 e. The summed E-state index contributed by atoms with van der Waals surface area (Å²) in [7, 11) is -3.71. The second-order valence-corrected chi connectivity index (χ2v) is 9.56. The van der Waals surface area contributed by atoms with Crippen LogP contribution in [0, 0.1) is 6.92 Å². The van der Waals surface area contributed by atoms with Gasteiger partial charge in [-0.05, 0) is 56.9 Å². The second kappa shape index (κ2) is 8.12. The standard InChI is InChI=1S/C21H26N4O3S/c1-16-6-9-18(10-7-16)29(27,28)25-14-4-5-19(25)21(26)23-20-11-8-17(15-22-20)24-12-2-3-13-24/h6-11,15,19H,2-5,12-14H2,1H3,(H,22,23,26)/t19-/m0/s1. The molecule has 3 heterocycles. The van der Waals surface area contributed by atoms with Crippen molar-refractivity contribution in [3.8, 4) is 0 Å². The van der Waals surface area contributed by atoms with Crippen LogP contribution in [0.5, 0.6) is 0 Å². The van der Waals surface area contributed by atoms with Gasteiger partial charge < -0.3 is 10.2 Å². The number of pyridine rings is 1. The van der Waals surface area contributed by atoms with Crippen LogP contribution >= 0.6 is 0 Å². The van der Waals surface area contributed by atoms with Crippen LogP contribution in [-0.4, -0.2) is 49.3 Å². The molecule has 8 heteroatoms. The molecule has 1 aromatic carbocycles. The van der Waals surface area contributed by atoms with E-state index in [9.17, 15) is 13.2 Å². The average molecular weight is 415 g/mol. The van der Waals surface area contributed by atoms with E-state index in [4.69, 9.17) is 0 Å². The summed E-state index contributed by atoms with van der Waals surface area (Å²) in [6, 6.07) is 9.73. The van der Waals surface area contributed by atoms with E-state index in [-0.39, 0.29) is 10.8 Å². The highest BCUT2D eigenvalue weighted by Crippen LogP contribution is 2.27. The third-order valence-corrected chi connectivity index (χ3v) is 7.53. The van der Waals surface area contributed by atoms with Crippen LogP contribution in [0.15, 0.2) is 47.5 Å². The summed E-state index contributed by atoms with van der Waals surface area (Å²) < 4.78 is 27.4. The number of sulfonamides is 1. The molecular formula is C21H26N4O3S. The van der Waals surface area contributed by atoms with Crippen molar-refractivity contribution in [2.75, 3.05) is 29.9 Å². The van der Waals surface area contributed by atoms with E-state index in [1.807, 2.05) is 13.0 Å². The number of carbonyl (C=O) groups excluding carboxylic acids is 1.